The van der Waals surface area contributed by atoms with Crippen LogP contribution in [0, 0.1) is 5.82 Å². The highest BCUT2D eigenvalue weighted by molar-refractivity contribution is 9.10. The molecule has 1 N–H and O–H groups in total. The minimum Gasteiger partial charge on any atom is -0.387 e. The molecule has 0 radical (unpaired) electrons. The van der Waals surface area contributed by atoms with Crippen LogP contribution in [-0.4, -0.2) is 5.11 Å². The molecule has 1 heterocycles. The summed E-state index contributed by atoms with van der Waals surface area (Å²) in [6.07, 6.45) is -0.489. The first-order chi connectivity index (χ1) is 8.08. The summed E-state index contributed by atoms with van der Waals surface area (Å²) in [5, 5.41) is 10.0. The van der Waals surface area contributed by atoms with Crippen LogP contribution in [0.15, 0.2) is 34.8 Å². The van der Waals surface area contributed by atoms with Crippen molar-refractivity contribution in [2.75, 3.05) is 0 Å². The van der Waals surface area contributed by atoms with Gasteiger partial charge in [0.15, 0.2) is 0 Å². The molecule has 17 heavy (non-hydrogen) atoms. The first-order valence-corrected chi connectivity index (χ1v) is 6.93. The van der Waals surface area contributed by atoms with Crippen LogP contribution in [0.3, 0.4) is 0 Å². The lowest BCUT2D eigenvalue weighted by atomic mass is 10.1. The maximum atomic E-state index is 13.4. The Morgan fingerprint density at radius 3 is 2.71 bits per heavy atom. The molecule has 1 atom stereocenters. The summed E-state index contributed by atoms with van der Waals surface area (Å²) in [6, 6.07) is 8.20. The molecule has 0 spiro atoms. The zero-order valence-corrected chi connectivity index (χ0v) is 11.8. The number of benzene rings is 1. The number of thiophene rings is 1. The molecule has 2 rings (SSSR count). The molecular formula is C12H9BrClFOS. The van der Waals surface area contributed by atoms with Gasteiger partial charge in [0.25, 0.3) is 0 Å². The van der Waals surface area contributed by atoms with Gasteiger partial charge >= 0.3 is 0 Å². The number of rotatable bonds is 3. The third kappa shape index (κ3) is 3.07. The molecule has 5 heteroatoms. The molecule has 0 saturated carbocycles. The summed E-state index contributed by atoms with van der Waals surface area (Å²) in [6.45, 7) is 0. The van der Waals surface area contributed by atoms with Crippen molar-refractivity contribution in [3.63, 3.8) is 0 Å². The highest BCUT2D eigenvalue weighted by Gasteiger charge is 2.15. The molecule has 1 nitrogen and oxygen atoms in total. The quantitative estimate of drug-likeness (QED) is 0.870. The van der Waals surface area contributed by atoms with Crippen LogP contribution in [0.25, 0.3) is 0 Å². The summed E-state index contributed by atoms with van der Waals surface area (Å²) >= 11 is 10.5. The van der Waals surface area contributed by atoms with E-state index < -0.39 is 6.10 Å². The van der Waals surface area contributed by atoms with Gasteiger partial charge < -0.3 is 5.11 Å². The fourth-order valence-corrected chi connectivity index (χ4v) is 3.22. The minimum atomic E-state index is -0.735. The molecule has 0 aliphatic heterocycles. The number of hydrogen-bond donors (Lipinski definition) is 1. The average Bonchev–Trinajstić information content (AvgIpc) is 2.63. The topological polar surface area (TPSA) is 20.2 Å². The van der Waals surface area contributed by atoms with Crippen molar-refractivity contribution in [1.82, 2.24) is 0 Å². The van der Waals surface area contributed by atoms with E-state index in [1.807, 2.05) is 0 Å². The molecule has 1 aromatic heterocycles. The largest absolute Gasteiger partial charge is 0.387 e. The Bertz CT molecular complexity index is 509. The first-order valence-electron chi connectivity index (χ1n) is 4.94. The van der Waals surface area contributed by atoms with Crippen LogP contribution in [0.2, 0.25) is 4.34 Å². The van der Waals surface area contributed by atoms with E-state index in [0.717, 1.165) is 9.35 Å². The van der Waals surface area contributed by atoms with Crippen molar-refractivity contribution >= 4 is 38.9 Å². The molecule has 0 aliphatic carbocycles. The van der Waals surface area contributed by atoms with E-state index in [4.69, 9.17) is 11.6 Å². The molecule has 0 saturated heterocycles. The average molecular weight is 336 g/mol. The van der Waals surface area contributed by atoms with Gasteiger partial charge in [-0.1, -0.05) is 29.8 Å². The third-order valence-corrected chi connectivity index (χ3v) is 4.94. The monoisotopic (exact) mass is 334 g/mol. The first kappa shape index (κ1) is 13.0. The van der Waals surface area contributed by atoms with E-state index in [2.05, 4.69) is 15.9 Å². The normalized spacial score (nSPS) is 12.7. The maximum absolute atomic E-state index is 13.4. The molecule has 0 bridgehead atoms. The number of halogens is 3. The van der Waals surface area contributed by atoms with Crippen molar-refractivity contribution in [1.29, 1.82) is 0 Å². The SMILES string of the molecule is OC(Cc1ccccc1F)c1cc(Br)c(Cl)s1. The molecule has 0 aliphatic rings. The second-order valence-corrected chi connectivity index (χ2v) is 6.12. The Kier molecular flexibility index (Phi) is 4.20. The van der Waals surface area contributed by atoms with Crippen molar-refractivity contribution in [2.24, 2.45) is 0 Å². The summed E-state index contributed by atoms with van der Waals surface area (Å²) in [4.78, 5) is 0.727. The van der Waals surface area contributed by atoms with Crippen molar-refractivity contribution in [3.05, 3.63) is 55.4 Å². The molecule has 90 valence electrons. The van der Waals surface area contributed by atoms with E-state index in [-0.39, 0.29) is 12.2 Å². The van der Waals surface area contributed by atoms with Crippen LogP contribution >= 0.6 is 38.9 Å². The minimum absolute atomic E-state index is 0.246. The van der Waals surface area contributed by atoms with E-state index in [9.17, 15) is 9.50 Å². The zero-order valence-electron chi connectivity index (χ0n) is 8.66. The van der Waals surface area contributed by atoms with Gasteiger partial charge in [-0.25, -0.2) is 4.39 Å². The second-order valence-electron chi connectivity index (χ2n) is 3.58. The predicted molar refractivity (Wildman–Crippen MR) is 72.1 cm³/mol. The maximum Gasteiger partial charge on any atom is 0.126 e. The van der Waals surface area contributed by atoms with E-state index in [0.29, 0.717) is 9.90 Å². The summed E-state index contributed by atoms with van der Waals surface area (Å²) in [7, 11) is 0. The van der Waals surface area contributed by atoms with E-state index in [1.165, 1.54) is 17.4 Å². The Labute approximate surface area is 116 Å². The van der Waals surface area contributed by atoms with E-state index >= 15 is 0 Å². The van der Waals surface area contributed by atoms with Crippen molar-refractivity contribution in [2.45, 2.75) is 12.5 Å². The van der Waals surface area contributed by atoms with Gasteiger partial charge in [0.05, 0.1) is 6.10 Å². The van der Waals surface area contributed by atoms with Crippen LogP contribution in [0.4, 0.5) is 4.39 Å². The van der Waals surface area contributed by atoms with Crippen molar-refractivity contribution in [3.8, 4) is 0 Å². The van der Waals surface area contributed by atoms with Gasteiger partial charge in [0.1, 0.15) is 10.2 Å². The molecule has 1 aromatic carbocycles. The lowest BCUT2D eigenvalue weighted by Crippen LogP contribution is -2.01. The fraction of sp³-hybridized carbons (Fsp3) is 0.167. The Hall–Kier alpha value is -0.420. The number of hydrogen-bond acceptors (Lipinski definition) is 2. The molecule has 0 amide bonds. The van der Waals surface area contributed by atoms with Crippen LogP contribution in [0.1, 0.15) is 16.5 Å². The third-order valence-electron chi connectivity index (χ3n) is 2.36. The summed E-state index contributed by atoms with van der Waals surface area (Å²) in [5.74, 6) is -0.298. The lowest BCUT2D eigenvalue weighted by molar-refractivity contribution is 0.181. The van der Waals surface area contributed by atoms with Crippen molar-refractivity contribution < 1.29 is 9.50 Å². The second kappa shape index (κ2) is 5.48. The van der Waals surface area contributed by atoms with Gasteiger partial charge in [-0.3, -0.25) is 0 Å². The molecule has 2 aromatic rings. The van der Waals surface area contributed by atoms with Gasteiger partial charge in [-0.05, 0) is 33.6 Å². The Morgan fingerprint density at radius 2 is 2.12 bits per heavy atom. The fourth-order valence-electron chi connectivity index (χ4n) is 1.50. The van der Waals surface area contributed by atoms with E-state index in [1.54, 1.807) is 24.3 Å². The highest BCUT2D eigenvalue weighted by atomic mass is 79.9. The number of aliphatic hydroxyl groups excluding tert-OH is 1. The summed E-state index contributed by atoms with van der Waals surface area (Å²) < 4.78 is 14.8. The summed E-state index contributed by atoms with van der Waals surface area (Å²) in [5.41, 5.74) is 0.501. The predicted octanol–water partition coefficient (Wildman–Crippen LogP) is 4.58. The van der Waals surface area contributed by atoms with Gasteiger partial charge in [-0.2, -0.15) is 0 Å². The van der Waals surface area contributed by atoms with Crippen LogP contribution in [-0.2, 0) is 6.42 Å². The van der Waals surface area contributed by atoms with Gasteiger partial charge in [-0.15, -0.1) is 11.3 Å². The zero-order chi connectivity index (χ0) is 12.4. The molecular weight excluding hydrogens is 327 g/mol. The van der Waals surface area contributed by atoms with Crippen LogP contribution in [0.5, 0.6) is 0 Å². The smallest absolute Gasteiger partial charge is 0.126 e. The molecule has 0 fully saturated rings. The standard InChI is InChI=1S/C12H9BrClFOS/c13-8-6-11(17-12(8)14)10(16)5-7-3-1-2-4-9(7)15/h1-4,6,10,16H,5H2. The van der Waals surface area contributed by atoms with Crippen LogP contribution < -0.4 is 0 Å². The Morgan fingerprint density at radius 1 is 1.41 bits per heavy atom. The Balaban J connectivity index is 2.17. The number of aliphatic hydroxyl groups is 1. The highest BCUT2D eigenvalue weighted by Crippen LogP contribution is 2.36. The molecule has 1 unspecified atom stereocenters. The lowest BCUT2D eigenvalue weighted by Gasteiger charge is -2.08. The van der Waals surface area contributed by atoms with Gasteiger partial charge in [0.2, 0.25) is 0 Å². The van der Waals surface area contributed by atoms with Gasteiger partial charge in [0, 0.05) is 15.8 Å².